The van der Waals surface area contributed by atoms with Crippen molar-refractivity contribution in [1.29, 1.82) is 0 Å². The molecule has 1 aromatic carbocycles. The first-order chi connectivity index (χ1) is 10.9. The number of H-pyrrole nitrogens is 1. The van der Waals surface area contributed by atoms with E-state index in [0.717, 1.165) is 24.3 Å². The molecule has 1 aliphatic carbocycles. The number of carbonyl (C=O) groups excluding carboxylic acids is 1. The summed E-state index contributed by atoms with van der Waals surface area (Å²) in [6.45, 7) is 8.12. The number of piperidine rings is 1. The number of nitrogens with zero attached hydrogens (tertiary/aromatic N) is 2. The highest BCUT2D eigenvalue weighted by molar-refractivity contribution is 5.92. The van der Waals surface area contributed by atoms with Crippen LogP contribution >= 0.6 is 0 Å². The Bertz CT molecular complexity index is 815. The molecule has 2 fully saturated rings. The molecule has 120 valence electrons. The van der Waals surface area contributed by atoms with E-state index in [2.05, 4.69) is 18.9 Å². The lowest BCUT2D eigenvalue weighted by atomic mass is 10.1. The van der Waals surface area contributed by atoms with Crippen LogP contribution in [0.4, 0.5) is 0 Å². The number of nitrogens with one attached hydrogen (secondary N) is 1. The molecule has 0 unspecified atom stereocenters. The molecule has 5 heteroatoms. The Morgan fingerprint density at radius 3 is 2.39 bits per heavy atom. The van der Waals surface area contributed by atoms with E-state index in [-0.39, 0.29) is 11.5 Å². The number of hydrogen-bond donors (Lipinski definition) is 1. The van der Waals surface area contributed by atoms with E-state index >= 15 is 0 Å². The van der Waals surface area contributed by atoms with Gasteiger partial charge in [0.25, 0.3) is 11.5 Å². The van der Waals surface area contributed by atoms with Crippen molar-refractivity contribution in [3.63, 3.8) is 0 Å². The predicted molar refractivity (Wildman–Crippen MR) is 87.8 cm³/mol. The minimum atomic E-state index is -0.207. The van der Waals surface area contributed by atoms with E-state index in [1.165, 1.54) is 10.7 Å². The van der Waals surface area contributed by atoms with Gasteiger partial charge in [-0.15, -0.1) is 0 Å². The second-order valence-corrected chi connectivity index (χ2v) is 7.42. The van der Waals surface area contributed by atoms with Crippen molar-refractivity contribution in [3.05, 3.63) is 51.9 Å². The van der Waals surface area contributed by atoms with Crippen LogP contribution in [0.25, 0.3) is 5.69 Å². The highest BCUT2D eigenvalue weighted by atomic mass is 16.2. The zero-order valence-corrected chi connectivity index (χ0v) is 13.7. The van der Waals surface area contributed by atoms with Crippen LogP contribution in [-0.4, -0.2) is 33.7 Å². The molecule has 2 aliphatic rings. The lowest BCUT2D eigenvalue weighted by Gasteiger charge is -2.21. The Labute approximate surface area is 134 Å². The molecule has 2 atom stereocenters. The quantitative estimate of drug-likeness (QED) is 0.924. The summed E-state index contributed by atoms with van der Waals surface area (Å²) in [5.41, 5.74) is 2.41. The summed E-state index contributed by atoms with van der Waals surface area (Å²) in [5, 5.41) is 2.96. The average Bonchev–Trinajstić information content (AvgIpc) is 2.95. The van der Waals surface area contributed by atoms with Gasteiger partial charge in [-0.3, -0.25) is 14.7 Å². The molecule has 23 heavy (non-hydrogen) atoms. The lowest BCUT2D eigenvalue weighted by molar-refractivity contribution is 0.0751. The molecule has 2 aromatic rings. The zero-order chi connectivity index (χ0) is 16.4. The van der Waals surface area contributed by atoms with Gasteiger partial charge in [0.1, 0.15) is 5.69 Å². The van der Waals surface area contributed by atoms with Crippen LogP contribution in [0.3, 0.4) is 0 Å². The first kappa shape index (κ1) is 14.3. The Hall–Kier alpha value is -2.30. The SMILES string of the molecule is Cc1ccc(-n2[nH]c(C(=O)N3C[C@@H]4[C@@H](C3)C4(C)C)cc2=O)cc1. The van der Waals surface area contributed by atoms with Gasteiger partial charge in [0.05, 0.1) is 5.69 Å². The third-order valence-electron chi connectivity index (χ3n) is 5.65. The smallest absolute Gasteiger partial charge is 0.271 e. The topological polar surface area (TPSA) is 58.1 Å². The molecule has 4 rings (SSSR count). The van der Waals surface area contributed by atoms with E-state index in [1.807, 2.05) is 36.1 Å². The van der Waals surface area contributed by atoms with Crippen LogP contribution in [0.1, 0.15) is 29.9 Å². The third-order valence-corrected chi connectivity index (χ3v) is 5.65. The first-order valence-electron chi connectivity index (χ1n) is 8.06. The molecule has 5 nitrogen and oxygen atoms in total. The zero-order valence-electron chi connectivity index (χ0n) is 13.7. The van der Waals surface area contributed by atoms with Crippen molar-refractivity contribution in [1.82, 2.24) is 14.7 Å². The molecule has 1 saturated heterocycles. The number of fused-ring (bicyclic) bond motifs is 1. The van der Waals surface area contributed by atoms with Gasteiger partial charge in [-0.25, -0.2) is 4.68 Å². The molecule has 1 saturated carbocycles. The Kier molecular flexibility index (Phi) is 2.86. The molecule has 0 bridgehead atoms. The van der Waals surface area contributed by atoms with Gasteiger partial charge in [-0.05, 0) is 36.3 Å². The van der Waals surface area contributed by atoms with Crippen molar-refractivity contribution in [2.45, 2.75) is 20.8 Å². The molecule has 2 heterocycles. The summed E-state index contributed by atoms with van der Waals surface area (Å²) in [5.74, 6) is 1.14. The van der Waals surface area contributed by atoms with Crippen molar-refractivity contribution >= 4 is 5.91 Å². The van der Waals surface area contributed by atoms with E-state index in [9.17, 15) is 9.59 Å². The van der Waals surface area contributed by atoms with Gasteiger partial charge >= 0.3 is 0 Å². The minimum Gasteiger partial charge on any atom is -0.337 e. The number of aromatic amines is 1. The summed E-state index contributed by atoms with van der Waals surface area (Å²) in [7, 11) is 0. The third kappa shape index (κ3) is 2.14. The van der Waals surface area contributed by atoms with Gasteiger partial charge in [-0.2, -0.15) is 0 Å². The summed E-state index contributed by atoms with van der Waals surface area (Å²) in [6.07, 6.45) is 0. The van der Waals surface area contributed by atoms with Gasteiger partial charge in [0.15, 0.2) is 0 Å². The Balaban J connectivity index is 1.57. The lowest BCUT2D eigenvalue weighted by Crippen LogP contribution is -2.33. The number of likely N-dealkylation sites (tertiary alicyclic amines) is 1. The van der Waals surface area contributed by atoms with Crippen LogP contribution < -0.4 is 5.56 Å². The monoisotopic (exact) mass is 311 g/mol. The maximum absolute atomic E-state index is 12.6. The second-order valence-electron chi connectivity index (χ2n) is 7.42. The normalized spacial score (nSPS) is 24.6. The Morgan fingerprint density at radius 1 is 1.17 bits per heavy atom. The van der Waals surface area contributed by atoms with Gasteiger partial charge < -0.3 is 4.90 Å². The van der Waals surface area contributed by atoms with Gasteiger partial charge in [0.2, 0.25) is 0 Å². The number of aromatic nitrogens is 2. The maximum Gasteiger partial charge on any atom is 0.271 e. The van der Waals surface area contributed by atoms with E-state index < -0.39 is 0 Å². The maximum atomic E-state index is 12.6. The van der Waals surface area contributed by atoms with Crippen molar-refractivity contribution in [3.8, 4) is 5.69 Å². The second kappa shape index (κ2) is 4.60. The fraction of sp³-hybridized carbons (Fsp3) is 0.444. The van der Waals surface area contributed by atoms with Crippen LogP contribution in [-0.2, 0) is 0 Å². The standard InChI is InChI=1S/C18H21N3O2/c1-11-4-6-12(7-5-11)21-16(22)8-15(19-21)17(23)20-9-13-14(10-20)18(13,2)3/h4-8,13-14,19H,9-10H2,1-3H3/t13-,14-/m1/s1. The molecule has 1 N–H and O–H groups in total. The van der Waals surface area contributed by atoms with Crippen molar-refractivity contribution in [2.24, 2.45) is 17.3 Å². The molecule has 1 aliphatic heterocycles. The van der Waals surface area contributed by atoms with Gasteiger partial charge in [0, 0.05) is 19.2 Å². The number of rotatable bonds is 2. The average molecular weight is 311 g/mol. The fourth-order valence-corrected chi connectivity index (χ4v) is 3.86. The van der Waals surface area contributed by atoms with E-state index in [4.69, 9.17) is 0 Å². The number of benzene rings is 1. The molecule has 0 radical (unpaired) electrons. The van der Waals surface area contributed by atoms with Crippen LogP contribution in [0.15, 0.2) is 35.1 Å². The number of amides is 1. The first-order valence-corrected chi connectivity index (χ1v) is 8.06. The summed E-state index contributed by atoms with van der Waals surface area (Å²) in [6, 6.07) is 9.03. The number of aryl methyl sites for hydroxylation is 1. The highest BCUT2D eigenvalue weighted by Crippen LogP contribution is 2.62. The molecule has 0 spiro atoms. The fourth-order valence-electron chi connectivity index (χ4n) is 3.86. The molecule has 1 aromatic heterocycles. The summed E-state index contributed by atoms with van der Waals surface area (Å²) >= 11 is 0. The number of carbonyl (C=O) groups is 1. The van der Waals surface area contributed by atoms with E-state index in [1.54, 1.807) is 0 Å². The minimum absolute atomic E-state index is 0.0732. The molecule has 1 amide bonds. The largest absolute Gasteiger partial charge is 0.337 e. The molecular formula is C18H21N3O2. The predicted octanol–water partition coefficient (Wildman–Crippen LogP) is 2.20. The van der Waals surface area contributed by atoms with Crippen LogP contribution in [0.5, 0.6) is 0 Å². The van der Waals surface area contributed by atoms with Crippen LogP contribution in [0, 0.1) is 24.2 Å². The van der Waals surface area contributed by atoms with Crippen molar-refractivity contribution < 1.29 is 4.79 Å². The highest BCUT2D eigenvalue weighted by Gasteiger charge is 2.62. The number of hydrogen-bond acceptors (Lipinski definition) is 2. The van der Waals surface area contributed by atoms with E-state index in [0.29, 0.717) is 22.9 Å². The van der Waals surface area contributed by atoms with Gasteiger partial charge in [-0.1, -0.05) is 31.5 Å². The summed E-state index contributed by atoms with van der Waals surface area (Å²) < 4.78 is 1.42. The Morgan fingerprint density at radius 2 is 1.78 bits per heavy atom. The van der Waals surface area contributed by atoms with Crippen LogP contribution in [0.2, 0.25) is 0 Å². The summed E-state index contributed by atoms with van der Waals surface area (Å²) in [4.78, 5) is 26.7. The van der Waals surface area contributed by atoms with Crippen molar-refractivity contribution in [2.75, 3.05) is 13.1 Å². The molecular weight excluding hydrogens is 290 g/mol.